The maximum Gasteiger partial charge on any atom is 0.240 e. The number of amides is 1. The van der Waals surface area contributed by atoms with Crippen molar-refractivity contribution >= 4 is 17.2 Å². The average Bonchev–Trinajstić information content (AvgIpc) is 2.92. The first-order chi connectivity index (χ1) is 8.77. The Hall–Kier alpha value is -1.38. The fourth-order valence-electron chi connectivity index (χ4n) is 2.03. The van der Waals surface area contributed by atoms with Crippen LogP contribution in [0.2, 0.25) is 0 Å². The molecule has 0 aliphatic carbocycles. The summed E-state index contributed by atoms with van der Waals surface area (Å²) in [6.07, 6.45) is 1.81. The predicted molar refractivity (Wildman–Crippen MR) is 69.1 cm³/mol. The van der Waals surface area contributed by atoms with Crippen molar-refractivity contribution in [3.8, 4) is 6.07 Å². The smallest absolute Gasteiger partial charge is 0.240 e. The monoisotopic (exact) mass is 264 g/mol. The summed E-state index contributed by atoms with van der Waals surface area (Å²) in [6, 6.07) is 6.22. The number of rotatable bonds is 4. The lowest BCUT2D eigenvalue weighted by atomic mass is 9.81. The number of ether oxygens (including phenoxy) is 1. The average molecular weight is 264 g/mol. The molecule has 0 saturated carbocycles. The van der Waals surface area contributed by atoms with Crippen LogP contribution in [0.1, 0.15) is 17.7 Å². The van der Waals surface area contributed by atoms with Crippen molar-refractivity contribution in [3.05, 3.63) is 22.4 Å². The van der Waals surface area contributed by atoms with Gasteiger partial charge in [0.2, 0.25) is 5.91 Å². The van der Waals surface area contributed by atoms with E-state index in [0.717, 1.165) is 6.42 Å². The minimum atomic E-state index is -0.881. The van der Waals surface area contributed by atoms with Gasteiger partial charge in [-0.05, 0) is 30.7 Å². The summed E-state index contributed by atoms with van der Waals surface area (Å²) in [5, 5.41) is 14.1. The van der Waals surface area contributed by atoms with Crippen LogP contribution >= 0.6 is 11.3 Å². The largest absolute Gasteiger partial charge is 0.381 e. The van der Waals surface area contributed by atoms with Crippen molar-refractivity contribution in [2.75, 3.05) is 19.8 Å². The van der Waals surface area contributed by atoms with E-state index in [0.29, 0.717) is 32.6 Å². The molecule has 2 rings (SSSR count). The van der Waals surface area contributed by atoms with Crippen LogP contribution in [0.15, 0.2) is 17.5 Å². The molecule has 0 unspecified atom stereocenters. The van der Waals surface area contributed by atoms with E-state index in [9.17, 15) is 10.1 Å². The lowest BCUT2D eigenvalue weighted by Crippen LogP contribution is -2.44. The first-order valence-corrected chi connectivity index (χ1v) is 6.94. The van der Waals surface area contributed by atoms with Crippen LogP contribution in [-0.4, -0.2) is 25.7 Å². The Kier molecular flexibility index (Phi) is 4.34. The SMILES string of the molecule is N#CC1(C(=O)NCCc2cccs2)CCOCC1. The zero-order valence-corrected chi connectivity index (χ0v) is 11.0. The molecule has 1 aliphatic rings. The van der Waals surface area contributed by atoms with Crippen molar-refractivity contribution in [2.24, 2.45) is 5.41 Å². The number of nitrogens with one attached hydrogen (secondary N) is 1. The fourth-order valence-corrected chi connectivity index (χ4v) is 2.74. The van der Waals surface area contributed by atoms with Gasteiger partial charge in [0, 0.05) is 24.6 Å². The van der Waals surface area contributed by atoms with E-state index in [-0.39, 0.29) is 5.91 Å². The molecule has 1 fully saturated rings. The van der Waals surface area contributed by atoms with Crippen molar-refractivity contribution in [3.63, 3.8) is 0 Å². The Morgan fingerprint density at radius 1 is 1.56 bits per heavy atom. The van der Waals surface area contributed by atoms with Crippen molar-refractivity contribution in [2.45, 2.75) is 19.3 Å². The second-order valence-corrected chi connectivity index (χ2v) is 5.42. The molecule has 0 aromatic carbocycles. The van der Waals surface area contributed by atoms with Gasteiger partial charge in [0.15, 0.2) is 0 Å². The summed E-state index contributed by atoms with van der Waals surface area (Å²) in [5.74, 6) is -0.148. The molecule has 1 aromatic heterocycles. The molecule has 5 heteroatoms. The van der Waals surface area contributed by atoms with Crippen LogP contribution in [0, 0.1) is 16.7 Å². The Balaban J connectivity index is 1.84. The zero-order valence-electron chi connectivity index (χ0n) is 10.1. The molecule has 4 nitrogen and oxygen atoms in total. The molecular weight excluding hydrogens is 248 g/mol. The van der Waals surface area contributed by atoms with Crippen LogP contribution in [0.25, 0.3) is 0 Å². The fraction of sp³-hybridized carbons (Fsp3) is 0.538. The number of nitrogens with zero attached hydrogens (tertiary/aromatic N) is 1. The minimum absolute atomic E-state index is 0.148. The molecule has 2 heterocycles. The van der Waals surface area contributed by atoms with Gasteiger partial charge in [-0.25, -0.2) is 0 Å². The van der Waals surface area contributed by atoms with Crippen molar-refractivity contribution < 1.29 is 9.53 Å². The maximum atomic E-state index is 12.1. The van der Waals surface area contributed by atoms with E-state index in [2.05, 4.69) is 11.4 Å². The Bertz CT molecular complexity index is 430. The van der Waals surface area contributed by atoms with Gasteiger partial charge in [-0.15, -0.1) is 11.3 Å². The van der Waals surface area contributed by atoms with E-state index < -0.39 is 5.41 Å². The van der Waals surface area contributed by atoms with Crippen LogP contribution in [-0.2, 0) is 16.0 Å². The molecule has 18 heavy (non-hydrogen) atoms. The maximum absolute atomic E-state index is 12.1. The molecule has 96 valence electrons. The third-order valence-electron chi connectivity index (χ3n) is 3.23. The predicted octanol–water partition coefficient (Wildman–Crippen LogP) is 1.73. The summed E-state index contributed by atoms with van der Waals surface area (Å²) in [6.45, 7) is 1.57. The van der Waals surface area contributed by atoms with E-state index in [1.54, 1.807) is 11.3 Å². The Morgan fingerprint density at radius 3 is 2.94 bits per heavy atom. The van der Waals surface area contributed by atoms with Crippen molar-refractivity contribution in [1.82, 2.24) is 5.32 Å². The van der Waals surface area contributed by atoms with Gasteiger partial charge in [0.25, 0.3) is 0 Å². The number of hydrogen-bond acceptors (Lipinski definition) is 4. The number of hydrogen-bond donors (Lipinski definition) is 1. The molecule has 0 radical (unpaired) electrons. The molecule has 1 saturated heterocycles. The van der Waals surface area contributed by atoms with Gasteiger partial charge in [0.05, 0.1) is 6.07 Å². The molecule has 0 atom stereocenters. The molecule has 0 spiro atoms. The quantitative estimate of drug-likeness (QED) is 0.900. The number of carbonyl (C=O) groups is 1. The zero-order chi connectivity index (χ0) is 12.8. The molecule has 1 aromatic rings. The summed E-state index contributed by atoms with van der Waals surface area (Å²) in [7, 11) is 0. The van der Waals surface area contributed by atoms with Gasteiger partial charge >= 0.3 is 0 Å². The second-order valence-electron chi connectivity index (χ2n) is 4.39. The molecule has 1 amide bonds. The summed E-state index contributed by atoms with van der Waals surface area (Å²) in [4.78, 5) is 13.3. The van der Waals surface area contributed by atoms with Crippen LogP contribution in [0.5, 0.6) is 0 Å². The molecule has 0 bridgehead atoms. The van der Waals surface area contributed by atoms with Crippen LogP contribution < -0.4 is 5.32 Å². The first-order valence-electron chi connectivity index (χ1n) is 6.06. The first kappa shape index (κ1) is 13.1. The lowest BCUT2D eigenvalue weighted by Gasteiger charge is -2.29. The molecule has 1 N–H and O–H groups in total. The van der Waals surface area contributed by atoms with Gasteiger partial charge < -0.3 is 10.1 Å². The van der Waals surface area contributed by atoms with Gasteiger partial charge in [-0.1, -0.05) is 6.07 Å². The van der Waals surface area contributed by atoms with E-state index in [1.807, 2.05) is 17.5 Å². The van der Waals surface area contributed by atoms with E-state index >= 15 is 0 Å². The summed E-state index contributed by atoms with van der Waals surface area (Å²) >= 11 is 1.68. The third kappa shape index (κ3) is 2.89. The highest BCUT2D eigenvalue weighted by molar-refractivity contribution is 7.09. The summed E-state index contributed by atoms with van der Waals surface area (Å²) < 4.78 is 5.21. The molecular formula is C13H16N2O2S. The van der Waals surface area contributed by atoms with Crippen LogP contribution in [0.3, 0.4) is 0 Å². The molecule has 1 aliphatic heterocycles. The number of thiophene rings is 1. The van der Waals surface area contributed by atoms with Crippen LogP contribution in [0.4, 0.5) is 0 Å². The second kappa shape index (κ2) is 5.98. The topological polar surface area (TPSA) is 62.1 Å². The normalized spacial score (nSPS) is 17.9. The van der Waals surface area contributed by atoms with E-state index in [1.165, 1.54) is 4.88 Å². The highest BCUT2D eigenvalue weighted by Crippen LogP contribution is 2.29. The minimum Gasteiger partial charge on any atom is -0.381 e. The van der Waals surface area contributed by atoms with Gasteiger partial charge in [-0.2, -0.15) is 5.26 Å². The summed E-state index contributed by atoms with van der Waals surface area (Å²) in [5.41, 5.74) is -0.881. The third-order valence-corrected chi connectivity index (χ3v) is 4.17. The number of carbonyl (C=O) groups excluding carboxylic acids is 1. The number of nitriles is 1. The van der Waals surface area contributed by atoms with Gasteiger partial charge in [-0.3, -0.25) is 4.79 Å². The van der Waals surface area contributed by atoms with Crippen molar-refractivity contribution in [1.29, 1.82) is 5.26 Å². The highest BCUT2D eigenvalue weighted by atomic mass is 32.1. The Morgan fingerprint density at radius 2 is 2.33 bits per heavy atom. The highest BCUT2D eigenvalue weighted by Gasteiger charge is 2.40. The van der Waals surface area contributed by atoms with E-state index in [4.69, 9.17) is 4.74 Å². The van der Waals surface area contributed by atoms with Gasteiger partial charge in [0.1, 0.15) is 5.41 Å². The standard InChI is InChI=1S/C13H16N2O2S/c14-10-13(4-7-17-8-5-13)12(16)15-6-3-11-2-1-9-18-11/h1-2,9H,3-8H2,(H,15,16). The lowest BCUT2D eigenvalue weighted by molar-refractivity contribution is -0.132. The Labute approximate surface area is 111 Å².